The minimum absolute atomic E-state index is 0.0872. The van der Waals surface area contributed by atoms with Crippen molar-refractivity contribution in [2.45, 2.75) is 11.8 Å². The fourth-order valence-electron chi connectivity index (χ4n) is 2.20. The Morgan fingerprint density at radius 2 is 1.50 bits per heavy atom. The highest BCUT2D eigenvalue weighted by Gasteiger charge is 2.19. The second-order valence-corrected chi connectivity index (χ2v) is 5.87. The average molecular weight is 346 g/mol. The molecule has 0 aliphatic heterocycles. The number of benzene rings is 2. The molecule has 2 aromatic carbocycles. The first-order chi connectivity index (χ1) is 11.5. The molecule has 0 unspecified atom stereocenters. The Balaban J connectivity index is 2.39. The second-order valence-electron chi connectivity index (χ2n) is 4.86. The molecule has 0 heterocycles. The van der Waals surface area contributed by atoms with Crippen molar-refractivity contribution in [3.05, 3.63) is 47.5 Å². The van der Waals surface area contributed by atoms with E-state index in [1.54, 1.807) is 36.4 Å². The molecule has 0 aliphatic rings. The van der Waals surface area contributed by atoms with Crippen molar-refractivity contribution in [2.75, 3.05) is 21.3 Å². The van der Waals surface area contributed by atoms with E-state index >= 15 is 0 Å². The molecule has 2 aromatic rings. The summed E-state index contributed by atoms with van der Waals surface area (Å²) in [5, 5.41) is -0.219. The summed E-state index contributed by atoms with van der Waals surface area (Å²) in [6.45, 7) is 1.48. The SMILES string of the molecule is COc1cc(C(=O)Sc2ccccc2C(C)=O)cc(OC)c1OC. The normalized spacial score (nSPS) is 10.2. The fraction of sp³-hybridized carbons (Fsp3) is 0.222. The van der Waals surface area contributed by atoms with Crippen LogP contribution in [0.1, 0.15) is 27.6 Å². The Kier molecular flexibility index (Phi) is 5.87. The van der Waals surface area contributed by atoms with Crippen LogP contribution < -0.4 is 14.2 Å². The van der Waals surface area contributed by atoms with Gasteiger partial charge in [-0.3, -0.25) is 9.59 Å². The highest BCUT2D eigenvalue weighted by Crippen LogP contribution is 2.39. The minimum atomic E-state index is -0.219. The van der Waals surface area contributed by atoms with Gasteiger partial charge >= 0.3 is 0 Å². The molecule has 0 atom stereocenters. The summed E-state index contributed by atoms with van der Waals surface area (Å²) in [4.78, 5) is 24.9. The van der Waals surface area contributed by atoms with Gasteiger partial charge in [-0.25, -0.2) is 0 Å². The zero-order valence-corrected chi connectivity index (χ0v) is 14.7. The Morgan fingerprint density at radius 1 is 0.917 bits per heavy atom. The lowest BCUT2D eigenvalue weighted by Crippen LogP contribution is -2.01. The first-order valence-electron chi connectivity index (χ1n) is 7.14. The van der Waals surface area contributed by atoms with E-state index in [4.69, 9.17) is 14.2 Å². The van der Waals surface area contributed by atoms with E-state index in [-0.39, 0.29) is 10.9 Å². The van der Waals surface area contributed by atoms with Gasteiger partial charge in [0.05, 0.1) is 21.3 Å². The van der Waals surface area contributed by atoms with E-state index in [9.17, 15) is 9.59 Å². The van der Waals surface area contributed by atoms with Crippen LogP contribution in [0.2, 0.25) is 0 Å². The van der Waals surface area contributed by atoms with Crippen molar-refractivity contribution >= 4 is 22.7 Å². The monoisotopic (exact) mass is 346 g/mol. The maximum Gasteiger partial charge on any atom is 0.224 e. The third-order valence-electron chi connectivity index (χ3n) is 3.37. The van der Waals surface area contributed by atoms with Crippen LogP contribution in [0.15, 0.2) is 41.3 Å². The fourth-order valence-corrected chi connectivity index (χ4v) is 3.11. The molecule has 24 heavy (non-hydrogen) atoms. The third-order valence-corrected chi connectivity index (χ3v) is 4.37. The van der Waals surface area contributed by atoms with Crippen molar-refractivity contribution in [1.29, 1.82) is 0 Å². The third kappa shape index (κ3) is 3.71. The molecule has 0 fully saturated rings. The Labute approximate surface area is 144 Å². The molecular weight excluding hydrogens is 328 g/mol. The Bertz CT molecular complexity index is 745. The lowest BCUT2D eigenvalue weighted by molar-refractivity contribution is 0.101. The molecule has 0 amide bonds. The molecule has 0 aliphatic carbocycles. The van der Waals surface area contributed by atoms with Crippen LogP contribution in [0.3, 0.4) is 0 Å². The van der Waals surface area contributed by atoms with Gasteiger partial charge in [-0.05, 0) is 36.9 Å². The first-order valence-corrected chi connectivity index (χ1v) is 7.95. The molecule has 0 N–H and O–H groups in total. The van der Waals surface area contributed by atoms with Gasteiger partial charge in [0.1, 0.15) is 0 Å². The molecule has 126 valence electrons. The summed E-state index contributed by atoms with van der Waals surface area (Å²) in [6, 6.07) is 10.2. The van der Waals surface area contributed by atoms with Gasteiger partial charge in [-0.2, -0.15) is 0 Å². The minimum Gasteiger partial charge on any atom is -0.493 e. The van der Waals surface area contributed by atoms with Crippen molar-refractivity contribution in [2.24, 2.45) is 0 Å². The first kappa shape index (κ1) is 17.9. The average Bonchev–Trinajstić information content (AvgIpc) is 2.60. The van der Waals surface area contributed by atoms with E-state index in [1.807, 2.05) is 0 Å². The maximum atomic E-state index is 12.6. The molecule has 0 spiro atoms. The van der Waals surface area contributed by atoms with Gasteiger partial charge in [-0.1, -0.05) is 18.2 Å². The molecular formula is C18H18O5S. The summed E-state index contributed by atoms with van der Waals surface area (Å²) in [6.07, 6.45) is 0. The lowest BCUT2D eigenvalue weighted by atomic mass is 10.1. The number of thioether (sulfide) groups is 1. The largest absolute Gasteiger partial charge is 0.493 e. The number of hydrogen-bond donors (Lipinski definition) is 0. The predicted octanol–water partition coefficient (Wildman–Crippen LogP) is 3.85. The molecule has 6 heteroatoms. The summed E-state index contributed by atoms with van der Waals surface area (Å²) in [7, 11) is 4.48. The van der Waals surface area contributed by atoms with Crippen LogP contribution >= 0.6 is 11.8 Å². The standard InChI is InChI=1S/C18H18O5S/c1-11(19)13-7-5-6-8-16(13)24-18(20)12-9-14(21-2)17(23-4)15(10-12)22-3/h5-10H,1-4H3. The van der Waals surface area contributed by atoms with Crippen molar-refractivity contribution in [3.63, 3.8) is 0 Å². The van der Waals surface area contributed by atoms with Gasteiger partial charge in [-0.15, -0.1) is 0 Å². The molecule has 5 nitrogen and oxygen atoms in total. The van der Waals surface area contributed by atoms with Crippen molar-refractivity contribution in [1.82, 2.24) is 0 Å². The molecule has 0 saturated heterocycles. The summed E-state index contributed by atoms with van der Waals surface area (Å²) >= 11 is 0.992. The molecule has 2 rings (SSSR count). The zero-order valence-electron chi connectivity index (χ0n) is 13.9. The van der Waals surface area contributed by atoms with Crippen LogP contribution in [0.5, 0.6) is 17.2 Å². The number of ether oxygens (including phenoxy) is 3. The van der Waals surface area contributed by atoms with E-state index in [0.717, 1.165) is 11.8 Å². The number of carbonyl (C=O) groups excluding carboxylic acids is 2. The molecule has 0 aromatic heterocycles. The van der Waals surface area contributed by atoms with Gasteiger partial charge in [0, 0.05) is 16.0 Å². The smallest absolute Gasteiger partial charge is 0.224 e. The van der Waals surface area contributed by atoms with Crippen molar-refractivity contribution in [3.8, 4) is 17.2 Å². The Morgan fingerprint density at radius 3 is 2.00 bits per heavy atom. The number of hydrogen-bond acceptors (Lipinski definition) is 6. The van der Waals surface area contributed by atoms with E-state index in [1.165, 1.54) is 28.3 Å². The topological polar surface area (TPSA) is 61.8 Å². The maximum absolute atomic E-state index is 12.6. The summed E-state index contributed by atoms with van der Waals surface area (Å²) < 4.78 is 15.8. The molecule has 0 bridgehead atoms. The van der Waals surface area contributed by atoms with E-state index in [0.29, 0.717) is 33.3 Å². The number of carbonyl (C=O) groups is 2. The zero-order chi connectivity index (χ0) is 17.7. The van der Waals surface area contributed by atoms with Crippen LogP contribution in [-0.4, -0.2) is 32.2 Å². The number of methoxy groups -OCH3 is 3. The van der Waals surface area contributed by atoms with Gasteiger partial charge in [0.25, 0.3) is 0 Å². The van der Waals surface area contributed by atoms with E-state index < -0.39 is 0 Å². The van der Waals surface area contributed by atoms with Crippen LogP contribution in [0.4, 0.5) is 0 Å². The highest BCUT2D eigenvalue weighted by atomic mass is 32.2. The van der Waals surface area contributed by atoms with Crippen LogP contribution in [0, 0.1) is 0 Å². The van der Waals surface area contributed by atoms with E-state index in [2.05, 4.69) is 0 Å². The predicted molar refractivity (Wildman–Crippen MR) is 92.7 cm³/mol. The molecule has 0 saturated carbocycles. The highest BCUT2D eigenvalue weighted by molar-refractivity contribution is 8.14. The number of Topliss-reactive ketones (excluding diaryl/α,β-unsaturated/α-hetero) is 1. The lowest BCUT2D eigenvalue weighted by Gasteiger charge is -2.13. The van der Waals surface area contributed by atoms with Crippen molar-refractivity contribution < 1.29 is 23.8 Å². The van der Waals surface area contributed by atoms with Crippen LogP contribution in [-0.2, 0) is 0 Å². The summed E-state index contributed by atoms with van der Waals surface area (Å²) in [5.74, 6) is 1.14. The quantitative estimate of drug-likeness (QED) is 0.585. The number of ketones is 1. The second kappa shape index (κ2) is 7.88. The Hall–Kier alpha value is -2.47. The van der Waals surface area contributed by atoms with Gasteiger partial charge in [0.15, 0.2) is 17.3 Å². The van der Waals surface area contributed by atoms with Gasteiger partial charge in [0.2, 0.25) is 10.9 Å². The van der Waals surface area contributed by atoms with Gasteiger partial charge < -0.3 is 14.2 Å². The molecule has 0 radical (unpaired) electrons. The summed E-state index contributed by atoms with van der Waals surface area (Å²) in [5.41, 5.74) is 0.913. The van der Waals surface area contributed by atoms with Crippen LogP contribution in [0.25, 0.3) is 0 Å². The number of rotatable bonds is 6.